The Morgan fingerprint density at radius 2 is 1.76 bits per heavy atom. The number of para-hydroxylation sites is 2. The van der Waals surface area contributed by atoms with Crippen molar-refractivity contribution in [3.63, 3.8) is 0 Å². The molecule has 0 N–H and O–H groups in total. The van der Waals surface area contributed by atoms with Gasteiger partial charge in [0.2, 0.25) is 11.8 Å². The molecule has 0 bridgehead atoms. The molecule has 0 spiro atoms. The van der Waals surface area contributed by atoms with E-state index in [1.165, 1.54) is 4.90 Å². The van der Waals surface area contributed by atoms with Crippen molar-refractivity contribution >= 4 is 39.2 Å². The molecule has 5 nitrogen and oxygen atoms in total. The number of fused-ring (bicyclic) bond motifs is 1. The molecule has 0 aromatic heterocycles. The maximum Gasteiger partial charge on any atom is 0.238 e. The minimum atomic E-state index is -0.316. The Hall–Kier alpha value is -2.73. The minimum absolute atomic E-state index is 0.178. The predicted octanol–water partition coefficient (Wildman–Crippen LogP) is 4.56. The number of benzene rings is 2. The van der Waals surface area contributed by atoms with Crippen molar-refractivity contribution in [2.24, 2.45) is 11.8 Å². The molecule has 0 unspecified atom stereocenters. The molecule has 2 atom stereocenters. The molecule has 4 rings (SSSR count). The zero-order chi connectivity index (χ0) is 20.5. The molecule has 0 radical (unpaired) electrons. The van der Waals surface area contributed by atoms with Crippen LogP contribution in [0.2, 0.25) is 0 Å². The van der Waals surface area contributed by atoms with Crippen LogP contribution in [0.15, 0.2) is 64.7 Å². The Morgan fingerprint density at radius 1 is 1.07 bits per heavy atom. The van der Waals surface area contributed by atoms with Crippen LogP contribution < -0.4 is 9.64 Å². The number of hydrogen-bond acceptors (Lipinski definition) is 4. The molecule has 0 saturated carbocycles. The first kappa shape index (κ1) is 19.6. The van der Waals surface area contributed by atoms with E-state index in [-0.39, 0.29) is 36.0 Å². The lowest BCUT2D eigenvalue weighted by Gasteiger charge is -2.19. The first-order valence-corrected chi connectivity index (χ1v) is 10.3. The van der Waals surface area contributed by atoms with E-state index in [1.54, 1.807) is 48.5 Å². The van der Waals surface area contributed by atoms with Crippen LogP contribution in [0.25, 0.3) is 0 Å². The summed E-state index contributed by atoms with van der Waals surface area (Å²) in [6.45, 7) is 1.81. The number of carbonyl (C=O) groups excluding carboxylic acids is 3. The lowest BCUT2D eigenvalue weighted by Crippen LogP contribution is -2.31. The van der Waals surface area contributed by atoms with Crippen molar-refractivity contribution in [1.29, 1.82) is 0 Å². The van der Waals surface area contributed by atoms with Gasteiger partial charge in [0.15, 0.2) is 12.4 Å². The van der Waals surface area contributed by atoms with E-state index in [0.717, 1.165) is 10.0 Å². The van der Waals surface area contributed by atoms with Crippen molar-refractivity contribution in [1.82, 2.24) is 0 Å². The molecule has 148 valence electrons. The van der Waals surface area contributed by atoms with Crippen LogP contribution in [0.1, 0.15) is 30.1 Å². The average molecular weight is 454 g/mol. The van der Waals surface area contributed by atoms with E-state index >= 15 is 0 Å². The molecule has 2 amide bonds. The van der Waals surface area contributed by atoms with Gasteiger partial charge in [-0.3, -0.25) is 14.4 Å². The van der Waals surface area contributed by atoms with Crippen LogP contribution in [0.3, 0.4) is 0 Å². The number of anilines is 1. The number of ether oxygens (including phenoxy) is 1. The van der Waals surface area contributed by atoms with E-state index in [4.69, 9.17) is 4.74 Å². The first-order chi connectivity index (χ1) is 14.0. The third-order valence-corrected chi connectivity index (χ3v) is 5.98. The van der Waals surface area contributed by atoms with Gasteiger partial charge in [0.05, 0.1) is 17.5 Å². The standard InChI is InChI=1S/C23H20BrNO4/c1-14-6-11-17-18(12-14)23(28)25(22(17)27)19-4-2-3-5-21(19)29-13-20(26)15-7-9-16(24)10-8-15/h2-10,17-18H,11-13H2,1H3/t17-,18+/m0/s1. The van der Waals surface area contributed by atoms with Gasteiger partial charge < -0.3 is 4.74 Å². The Labute approximate surface area is 177 Å². The van der Waals surface area contributed by atoms with Crippen LogP contribution in [0.4, 0.5) is 5.69 Å². The second-order valence-corrected chi connectivity index (χ2v) is 8.32. The highest BCUT2D eigenvalue weighted by molar-refractivity contribution is 9.10. The van der Waals surface area contributed by atoms with Gasteiger partial charge >= 0.3 is 0 Å². The fraction of sp³-hybridized carbons (Fsp3) is 0.261. The number of imide groups is 1. The van der Waals surface area contributed by atoms with Crippen LogP contribution in [-0.4, -0.2) is 24.2 Å². The summed E-state index contributed by atoms with van der Waals surface area (Å²) in [5.74, 6) is -0.849. The second kappa shape index (κ2) is 7.95. The van der Waals surface area contributed by atoms with Gasteiger partial charge in [0, 0.05) is 10.0 Å². The summed E-state index contributed by atoms with van der Waals surface area (Å²) < 4.78 is 6.63. The van der Waals surface area contributed by atoms with E-state index in [2.05, 4.69) is 15.9 Å². The second-order valence-electron chi connectivity index (χ2n) is 7.40. The summed E-state index contributed by atoms with van der Waals surface area (Å²) in [7, 11) is 0. The fourth-order valence-corrected chi connectivity index (χ4v) is 4.17. The maximum atomic E-state index is 13.0. The molecule has 6 heteroatoms. The largest absolute Gasteiger partial charge is 0.483 e. The average Bonchev–Trinajstić information content (AvgIpc) is 2.96. The minimum Gasteiger partial charge on any atom is -0.483 e. The van der Waals surface area contributed by atoms with E-state index in [9.17, 15) is 14.4 Å². The van der Waals surface area contributed by atoms with E-state index in [0.29, 0.717) is 29.8 Å². The van der Waals surface area contributed by atoms with Crippen molar-refractivity contribution < 1.29 is 19.1 Å². The van der Waals surface area contributed by atoms with Gasteiger partial charge in [0.1, 0.15) is 5.75 Å². The molecule has 1 heterocycles. The summed E-state index contributed by atoms with van der Waals surface area (Å²) in [6.07, 6.45) is 3.23. The highest BCUT2D eigenvalue weighted by Crippen LogP contribution is 2.42. The zero-order valence-corrected chi connectivity index (χ0v) is 17.5. The highest BCUT2D eigenvalue weighted by Gasteiger charge is 2.49. The van der Waals surface area contributed by atoms with Crippen molar-refractivity contribution in [2.75, 3.05) is 11.5 Å². The van der Waals surface area contributed by atoms with Crippen molar-refractivity contribution in [2.45, 2.75) is 19.8 Å². The first-order valence-electron chi connectivity index (χ1n) is 9.49. The number of Topliss-reactive ketones (excluding diaryl/α,β-unsaturated/α-hetero) is 1. The van der Waals surface area contributed by atoms with E-state index in [1.807, 2.05) is 13.0 Å². The highest BCUT2D eigenvalue weighted by atomic mass is 79.9. The number of nitrogens with zero attached hydrogens (tertiary/aromatic N) is 1. The van der Waals surface area contributed by atoms with Gasteiger partial charge in [-0.15, -0.1) is 0 Å². The monoisotopic (exact) mass is 453 g/mol. The summed E-state index contributed by atoms with van der Waals surface area (Å²) in [6, 6.07) is 13.9. The molecule has 2 aliphatic rings. The zero-order valence-electron chi connectivity index (χ0n) is 15.9. The normalized spacial score (nSPS) is 21.0. The summed E-state index contributed by atoms with van der Waals surface area (Å²) >= 11 is 3.34. The van der Waals surface area contributed by atoms with Crippen LogP contribution in [-0.2, 0) is 9.59 Å². The molecule has 2 aromatic rings. The summed E-state index contributed by atoms with van der Waals surface area (Å²) in [4.78, 5) is 39.6. The molecule has 1 aliphatic heterocycles. The van der Waals surface area contributed by atoms with Gasteiger partial charge in [-0.05, 0) is 44.0 Å². The third kappa shape index (κ3) is 3.77. The maximum absolute atomic E-state index is 13.0. The smallest absolute Gasteiger partial charge is 0.238 e. The van der Waals surface area contributed by atoms with Gasteiger partial charge in [-0.1, -0.05) is 51.8 Å². The molecular weight excluding hydrogens is 434 g/mol. The Morgan fingerprint density at radius 3 is 2.52 bits per heavy atom. The lowest BCUT2D eigenvalue weighted by atomic mass is 9.82. The summed E-state index contributed by atoms with van der Waals surface area (Å²) in [5, 5.41) is 0. The SMILES string of the molecule is CC1=CC[C@@H]2C(=O)N(c3ccccc3OCC(=O)c3ccc(Br)cc3)C(=O)[C@@H]2C1. The molecule has 1 fully saturated rings. The number of carbonyl (C=O) groups is 3. The lowest BCUT2D eigenvalue weighted by molar-refractivity contribution is -0.122. The Balaban J connectivity index is 1.54. The van der Waals surface area contributed by atoms with Crippen molar-refractivity contribution in [3.8, 4) is 5.75 Å². The van der Waals surface area contributed by atoms with Gasteiger partial charge in [-0.2, -0.15) is 0 Å². The summed E-state index contributed by atoms with van der Waals surface area (Å²) in [5.41, 5.74) is 2.07. The number of allylic oxidation sites excluding steroid dienone is 2. The third-order valence-electron chi connectivity index (χ3n) is 5.45. The Kier molecular flexibility index (Phi) is 5.37. The number of hydrogen-bond donors (Lipinski definition) is 0. The van der Waals surface area contributed by atoms with Crippen LogP contribution >= 0.6 is 15.9 Å². The molecule has 1 aliphatic carbocycles. The molecular formula is C23H20BrNO4. The topological polar surface area (TPSA) is 63.7 Å². The molecule has 29 heavy (non-hydrogen) atoms. The van der Waals surface area contributed by atoms with Crippen LogP contribution in [0, 0.1) is 11.8 Å². The number of halogens is 1. The van der Waals surface area contributed by atoms with Crippen molar-refractivity contribution in [3.05, 3.63) is 70.2 Å². The number of amides is 2. The van der Waals surface area contributed by atoms with Crippen LogP contribution in [0.5, 0.6) is 5.75 Å². The predicted molar refractivity (Wildman–Crippen MR) is 113 cm³/mol. The Bertz CT molecular complexity index is 1010. The van der Waals surface area contributed by atoms with Gasteiger partial charge in [-0.25, -0.2) is 4.90 Å². The van der Waals surface area contributed by atoms with E-state index < -0.39 is 0 Å². The molecule has 2 aromatic carbocycles. The van der Waals surface area contributed by atoms with Gasteiger partial charge in [0.25, 0.3) is 0 Å². The molecule has 1 saturated heterocycles. The quantitative estimate of drug-likeness (QED) is 0.378. The fourth-order valence-electron chi connectivity index (χ4n) is 3.90. The number of ketones is 1. The number of rotatable bonds is 5.